The molecule has 3 rings (SSSR count). The third-order valence-corrected chi connectivity index (χ3v) is 5.83. The average molecular weight is 389 g/mol. The second-order valence-electron chi connectivity index (χ2n) is 5.65. The van der Waals surface area contributed by atoms with Crippen LogP contribution in [-0.2, 0) is 9.84 Å². The molecule has 1 heterocycles. The molecule has 8 nitrogen and oxygen atoms in total. The molecule has 27 heavy (non-hydrogen) atoms. The lowest BCUT2D eigenvalue weighted by Gasteiger charge is -2.13. The van der Waals surface area contributed by atoms with Crippen LogP contribution in [0.1, 0.15) is 6.92 Å². The van der Waals surface area contributed by atoms with E-state index in [-0.39, 0.29) is 22.1 Å². The number of hydrogen-bond acceptors (Lipinski definition) is 8. The highest BCUT2D eigenvalue weighted by atomic mass is 32.2. The number of methoxy groups -OCH3 is 2. The van der Waals surface area contributed by atoms with Gasteiger partial charge in [-0.15, -0.1) is 0 Å². The number of hydrogen-bond donors (Lipinski definition) is 2. The van der Waals surface area contributed by atoms with Gasteiger partial charge in [-0.25, -0.2) is 18.4 Å². The summed E-state index contributed by atoms with van der Waals surface area (Å²) in [5.41, 5.74) is 0.821. The van der Waals surface area contributed by atoms with Crippen molar-refractivity contribution in [1.82, 2.24) is 9.97 Å². The Morgan fingerprint density at radius 1 is 1.07 bits per heavy atom. The number of rotatable bonds is 6. The zero-order valence-corrected chi connectivity index (χ0v) is 15.9. The van der Waals surface area contributed by atoms with Crippen molar-refractivity contribution in [3.8, 4) is 17.2 Å². The van der Waals surface area contributed by atoms with Gasteiger partial charge in [0.2, 0.25) is 0 Å². The Labute approximate surface area is 156 Å². The Kier molecular flexibility index (Phi) is 5.04. The van der Waals surface area contributed by atoms with E-state index in [1.807, 2.05) is 0 Å². The van der Waals surface area contributed by atoms with E-state index in [9.17, 15) is 13.5 Å². The number of aromatic nitrogens is 2. The number of sulfone groups is 1. The minimum Gasteiger partial charge on any atom is -0.506 e. The van der Waals surface area contributed by atoms with Crippen LogP contribution in [0.3, 0.4) is 0 Å². The van der Waals surface area contributed by atoms with E-state index in [0.29, 0.717) is 28.2 Å². The van der Waals surface area contributed by atoms with Crippen LogP contribution in [0.4, 0.5) is 11.5 Å². The van der Waals surface area contributed by atoms with Crippen LogP contribution in [0.15, 0.2) is 41.6 Å². The van der Waals surface area contributed by atoms with Crippen molar-refractivity contribution in [2.45, 2.75) is 11.8 Å². The van der Waals surface area contributed by atoms with E-state index in [1.165, 1.54) is 38.7 Å². The SMILES string of the molecule is CCS(=O)(=O)c1ccc(O)c(Nc2ncnc3cc(OC)c(OC)cc23)c1. The Balaban J connectivity index is 2.11. The Hall–Kier alpha value is -3.07. The van der Waals surface area contributed by atoms with Gasteiger partial charge in [0.05, 0.1) is 36.1 Å². The van der Waals surface area contributed by atoms with Crippen LogP contribution in [0.2, 0.25) is 0 Å². The second kappa shape index (κ2) is 7.28. The predicted molar refractivity (Wildman–Crippen MR) is 102 cm³/mol. The number of aromatic hydroxyl groups is 1. The lowest BCUT2D eigenvalue weighted by molar-refractivity contribution is 0.356. The fourth-order valence-electron chi connectivity index (χ4n) is 2.59. The van der Waals surface area contributed by atoms with Crippen LogP contribution in [0.25, 0.3) is 10.9 Å². The summed E-state index contributed by atoms with van der Waals surface area (Å²) in [5.74, 6) is 1.27. The zero-order valence-electron chi connectivity index (χ0n) is 15.1. The smallest absolute Gasteiger partial charge is 0.178 e. The Bertz CT molecular complexity index is 1100. The first-order valence-corrected chi connectivity index (χ1v) is 9.74. The molecule has 0 saturated heterocycles. The molecule has 2 aromatic carbocycles. The molecule has 2 N–H and O–H groups in total. The second-order valence-corrected chi connectivity index (χ2v) is 7.93. The van der Waals surface area contributed by atoms with Crippen molar-refractivity contribution in [2.75, 3.05) is 25.3 Å². The fourth-order valence-corrected chi connectivity index (χ4v) is 3.49. The summed E-state index contributed by atoms with van der Waals surface area (Å²) in [7, 11) is -0.363. The highest BCUT2D eigenvalue weighted by Crippen LogP contribution is 2.36. The summed E-state index contributed by atoms with van der Waals surface area (Å²) in [6, 6.07) is 7.49. The molecule has 0 bridgehead atoms. The number of phenolic OH excluding ortho intramolecular Hbond substituents is 1. The quantitative estimate of drug-likeness (QED) is 0.619. The molecule has 0 amide bonds. The summed E-state index contributed by atoms with van der Waals surface area (Å²) in [6.07, 6.45) is 1.36. The largest absolute Gasteiger partial charge is 0.506 e. The molecular formula is C18H19N3O5S. The van der Waals surface area contributed by atoms with Crippen molar-refractivity contribution in [1.29, 1.82) is 0 Å². The van der Waals surface area contributed by atoms with Crippen LogP contribution < -0.4 is 14.8 Å². The normalized spacial score (nSPS) is 11.4. The van der Waals surface area contributed by atoms with Crippen molar-refractivity contribution >= 4 is 32.2 Å². The number of fused-ring (bicyclic) bond motifs is 1. The number of ether oxygens (including phenoxy) is 2. The van der Waals surface area contributed by atoms with E-state index < -0.39 is 9.84 Å². The summed E-state index contributed by atoms with van der Waals surface area (Å²) in [6.45, 7) is 1.56. The Morgan fingerprint density at radius 2 is 1.78 bits per heavy atom. The number of benzene rings is 2. The van der Waals surface area contributed by atoms with E-state index in [0.717, 1.165) is 0 Å². The third kappa shape index (κ3) is 3.59. The summed E-state index contributed by atoms with van der Waals surface area (Å²) >= 11 is 0. The van der Waals surface area contributed by atoms with Crippen molar-refractivity contribution < 1.29 is 23.0 Å². The minimum absolute atomic E-state index is 0.0371. The van der Waals surface area contributed by atoms with Crippen LogP contribution in [0, 0.1) is 0 Å². The standard InChI is InChI=1S/C18H19N3O5S/c1-4-27(23,24)11-5-6-15(22)14(7-11)21-18-12-8-16(25-2)17(26-3)9-13(12)19-10-20-18/h5-10,22H,4H2,1-3H3,(H,19,20,21). The number of phenols is 1. The molecule has 9 heteroatoms. The first kappa shape index (κ1) is 18.7. The van der Waals surface area contributed by atoms with Crippen LogP contribution in [0.5, 0.6) is 17.2 Å². The molecule has 0 aliphatic heterocycles. The minimum atomic E-state index is -3.41. The molecule has 3 aromatic rings. The maximum Gasteiger partial charge on any atom is 0.178 e. The van der Waals surface area contributed by atoms with Gasteiger partial charge in [0.15, 0.2) is 21.3 Å². The van der Waals surface area contributed by atoms with Gasteiger partial charge in [-0.1, -0.05) is 6.92 Å². The molecule has 1 aromatic heterocycles. The lowest BCUT2D eigenvalue weighted by Crippen LogP contribution is -2.04. The summed E-state index contributed by atoms with van der Waals surface area (Å²) < 4.78 is 34.8. The molecule has 0 fully saturated rings. The van der Waals surface area contributed by atoms with E-state index in [1.54, 1.807) is 19.1 Å². The molecule has 0 aliphatic carbocycles. The van der Waals surface area contributed by atoms with Gasteiger partial charge >= 0.3 is 0 Å². The van der Waals surface area contributed by atoms with Crippen molar-refractivity contribution in [3.05, 3.63) is 36.7 Å². The van der Waals surface area contributed by atoms with Crippen LogP contribution in [-0.4, -0.2) is 43.5 Å². The molecule has 142 valence electrons. The molecule has 0 radical (unpaired) electrons. The predicted octanol–water partition coefficient (Wildman–Crippen LogP) is 2.89. The zero-order chi connectivity index (χ0) is 19.6. The summed E-state index contributed by atoms with van der Waals surface area (Å²) in [5, 5.41) is 13.7. The topological polar surface area (TPSA) is 111 Å². The van der Waals surface area contributed by atoms with E-state index in [4.69, 9.17) is 9.47 Å². The van der Waals surface area contributed by atoms with Crippen molar-refractivity contribution in [3.63, 3.8) is 0 Å². The van der Waals surface area contributed by atoms with E-state index >= 15 is 0 Å². The molecule has 0 spiro atoms. The first-order valence-electron chi connectivity index (χ1n) is 8.09. The van der Waals surface area contributed by atoms with Gasteiger partial charge in [0.1, 0.15) is 17.9 Å². The monoisotopic (exact) mass is 389 g/mol. The number of nitrogens with one attached hydrogen (secondary N) is 1. The van der Waals surface area contributed by atoms with Crippen molar-refractivity contribution in [2.24, 2.45) is 0 Å². The van der Waals surface area contributed by atoms with Crippen LogP contribution >= 0.6 is 0 Å². The average Bonchev–Trinajstić information content (AvgIpc) is 2.68. The van der Waals surface area contributed by atoms with E-state index in [2.05, 4.69) is 15.3 Å². The number of nitrogens with zero attached hydrogens (tertiary/aromatic N) is 2. The molecule has 0 saturated carbocycles. The van der Waals surface area contributed by atoms with Gasteiger partial charge < -0.3 is 19.9 Å². The fraction of sp³-hybridized carbons (Fsp3) is 0.222. The maximum absolute atomic E-state index is 12.1. The van der Waals surface area contributed by atoms with Gasteiger partial charge in [-0.3, -0.25) is 0 Å². The number of anilines is 2. The molecular weight excluding hydrogens is 370 g/mol. The van der Waals surface area contributed by atoms with Gasteiger partial charge in [0.25, 0.3) is 0 Å². The first-order chi connectivity index (χ1) is 12.9. The Morgan fingerprint density at radius 3 is 2.44 bits per heavy atom. The van der Waals surface area contributed by atoms with Gasteiger partial charge in [-0.05, 0) is 24.3 Å². The third-order valence-electron chi connectivity index (χ3n) is 4.10. The summed E-state index contributed by atoms with van der Waals surface area (Å²) in [4.78, 5) is 8.54. The molecule has 0 atom stereocenters. The highest BCUT2D eigenvalue weighted by molar-refractivity contribution is 7.91. The molecule has 0 aliphatic rings. The molecule has 0 unspecified atom stereocenters. The highest BCUT2D eigenvalue weighted by Gasteiger charge is 2.16. The van der Waals surface area contributed by atoms with Gasteiger partial charge in [-0.2, -0.15) is 0 Å². The lowest BCUT2D eigenvalue weighted by atomic mass is 10.2. The van der Waals surface area contributed by atoms with Gasteiger partial charge in [0, 0.05) is 11.5 Å². The maximum atomic E-state index is 12.1.